The Morgan fingerprint density at radius 2 is 1.67 bits per heavy atom. The summed E-state index contributed by atoms with van der Waals surface area (Å²) in [6.07, 6.45) is 7.37. The zero-order valence-corrected chi connectivity index (χ0v) is 13.2. The predicted molar refractivity (Wildman–Crippen MR) is 88.6 cm³/mol. The average molecular weight is 317 g/mol. The second-order valence-corrected chi connectivity index (χ2v) is 6.66. The van der Waals surface area contributed by atoms with E-state index in [1.807, 2.05) is 36.9 Å². The lowest BCUT2D eigenvalue weighted by Gasteiger charge is -2.33. The fraction of sp³-hybridized carbons (Fsp3) is 0.267. The van der Waals surface area contributed by atoms with Crippen LogP contribution in [0.4, 0.5) is 0 Å². The summed E-state index contributed by atoms with van der Waals surface area (Å²) in [5, 5.41) is 0. The van der Waals surface area contributed by atoms with Crippen LogP contribution in [0.25, 0.3) is 0 Å². The molecule has 0 aliphatic carbocycles. The van der Waals surface area contributed by atoms with Gasteiger partial charge >= 0.3 is 0 Å². The van der Waals surface area contributed by atoms with Gasteiger partial charge in [-0.05, 0) is 41.6 Å². The van der Waals surface area contributed by atoms with E-state index in [4.69, 9.17) is 12.2 Å². The minimum absolute atomic E-state index is 0.855. The van der Waals surface area contributed by atoms with Crippen LogP contribution >= 0.6 is 24.0 Å². The van der Waals surface area contributed by atoms with Crippen LogP contribution in [-0.2, 0) is 13.1 Å². The van der Waals surface area contributed by atoms with Crippen molar-refractivity contribution in [1.82, 2.24) is 14.9 Å². The van der Waals surface area contributed by atoms with Crippen molar-refractivity contribution in [2.24, 2.45) is 0 Å². The Labute approximate surface area is 134 Å². The molecule has 1 fully saturated rings. The Bertz CT molecular complexity index is 591. The molecule has 6 heteroatoms. The first-order valence-corrected chi connectivity index (χ1v) is 8.24. The van der Waals surface area contributed by atoms with E-state index in [9.17, 15) is 0 Å². The number of nitrogens with zero attached hydrogens (tertiary/aromatic N) is 3. The summed E-state index contributed by atoms with van der Waals surface area (Å²) in [5.74, 6) is 1.02. The van der Waals surface area contributed by atoms with E-state index in [2.05, 4.69) is 27.0 Å². The highest BCUT2D eigenvalue weighted by molar-refractivity contribution is 8.22. The predicted octanol–water partition coefficient (Wildman–Crippen LogP) is 1.31. The molecule has 1 aliphatic rings. The van der Waals surface area contributed by atoms with Gasteiger partial charge in [-0.25, -0.2) is 0 Å². The molecule has 1 N–H and O–H groups in total. The Balaban J connectivity index is 1.63. The van der Waals surface area contributed by atoms with Gasteiger partial charge in [0.1, 0.15) is 16.7 Å². The molecule has 3 rings (SSSR count). The number of nitrogens with one attached hydrogen (secondary N) is 1. The highest BCUT2D eigenvalue weighted by Crippen LogP contribution is 2.13. The van der Waals surface area contributed by atoms with Crippen LogP contribution < -0.4 is 4.90 Å². The number of quaternary nitrogens is 1. The summed E-state index contributed by atoms with van der Waals surface area (Å²) >= 11 is 7.26. The molecule has 108 valence electrons. The van der Waals surface area contributed by atoms with Gasteiger partial charge in [-0.2, -0.15) is 0 Å². The SMILES string of the molecule is S=C1SC[NH+](Cc2ccncc2)CN1Cc1ccncc1. The molecule has 0 amide bonds. The Kier molecular flexibility index (Phi) is 4.80. The third-order valence-electron chi connectivity index (χ3n) is 3.40. The smallest absolute Gasteiger partial charge is 0.155 e. The lowest BCUT2D eigenvalue weighted by molar-refractivity contribution is -0.911. The second-order valence-electron chi connectivity index (χ2n) is 5.05. The van der Waals surface area contributed by atoms with E-state index < -0.39 is 0 Å². The maximum absolute atomic E-state index is 5.49. The van der Waals surface area contributed by atoms with Gasteiger partial charge < -0.3 is 9.80 Å². The first-order valence-electron chi connectivity index (χ1n) is 6.84. The largest absolute Gasteiger partial charge is 0.306 e. The van der Waals surface area contributed by atoms with E-state index in [0.29, 0.717) is 0 Å². The summed E-state index contributed by atoms with van der Waals surface area (Å²) in [6, 6.07) is 8.25. The van der Waals surface area contributed by atoms with Crippen molar-refractivity contribution in [1.29, 1.82) is 0 Å². The topological polar surface area (TPSA) is 33.5 Å². The van der Waals surface area contributed by atoms with Crippen LogP contribution in [0.1, 0.15) is 11.1 Å². The van der Waals surface area contributed by atoms with Crippen molar-refractivity contribution in [2.75, 3.05) is 12.5 Å². The highest BCUT2D eigenvalue weighted by Gasteiger charge is 2.24. The molecule has 0 radical (unpaired) electrons. The van der Waals surface area contributed by atoms with Crippen molar-refractivity contribution in [3.8, 4) is 0 Å². The monoisotopic (exact) mass is 317 g/mol. The molecule has 1 aliphatic heterocycles. The van der Waals surface area contributed by atoms with Gasteiger partial charge in [0, 0.05) is 36.9 Å². The molecule has 0 saturated carbocycles. The van der Waals surface area contributed by atoms with Gasteiger partial charge in [0.15, 0.2) is 6.67 Å². The highest BCUT2D eigenvalue weighted by atomic mass is 32.2. The van der Waals surface area contributed by atoms with Crippen molar-refractivity contribution in [2.45, 2.75) is 13.1 Å². The quantitative estimate of drug-likeness (QED) is 0.860. The molecule has 21 heavy (non-hydrogen) atoms. The maximum Gasteiger partial charge on any atom is 0.155 e. The van der Waals surface area contributed by atoms with Gasteiger partial charge in [0.25, 0.3) is 0 Å². The van der Waals surface area contributed by atoms with Gasteiger partial charge in [-0.15, -0.1) is 0 Å². The molecule has 1 atom stereocenters. The van der Waals surface area contributed by atoms with Gasteiger partial charge in [0.2, 0.25) is 0 Å². The third-order valence-corrected chi connectivity index (χ3v) is 5.07. The van der Waals surface area contributed by atoms with Crippen molar-refractivity contribution < 1.29 is 4.90 Å². The summed E-state index contributed by atoms with van der Waals surface area (Å²) in [5.41, 5.74) is 2.57. The van der Waals surface area contributed by atoms with Crippen LogP contribution in [0.15, 0.2) is 49.1 Å². The number of aromatic nitrogens is 2. The van der Waals surface area contributed by atoms with Crippen molar-refractivity contribution in [3.05, 3.63) is 60.2 Å². The second kappa shape index (κ2) is 6.98. The number of hydrogen-bond acceptors (Lipinski definition) is 4. The first kappa shape index (κ1) is 14.4. The molecular formula is C15H17N4S2+. The number of rotatable bonds is 4. The summed E-state index contributed by atoms with van der Waals surface area (Å²) < 4.78 is 0.991. The van der Waals surface area contributed by atoms with Gasteiger partial charge in [-0.1, -0.05) is 12.2 Å². The molecule has 0 bridgehead atoms. The summed E-state index contributed by atoms with van der Waals surface area (Å²) in [6.45, 7) is 2.80. The molecule has 0 spiro atoms. The Morgan fingerprint density at radius 1 is 1.05 bits per heavy atom. The standard InChI is InChI=1S/C15H16N4S2/c20-15-19(10-14-3-7-17-8-4-14)11-18(12-21-15)9-13-1-5-16-6-2-13/h1-8H,9-12H2/p+1. The van der Waals surface area contributed by atoms with E-state index in [1.165, 1.54) is 16.0 Å². The molecule has 4 nitrogen and oxygen atoms in total. The summed E-state index contributed by atoms with van der Waals surface area (Å²) in [4.78, 5) is 11.9. The van der Waals surface area contributed by atoms with Crippen molar-refractivity contribution >= 4 is 28.3 Å². The lowest BCUT2D eigenvalue weighted by atomic mass is 10.2. The first-order chi connectivity index (χ1) is 10.3. The van der Waals surface area contributed by atoms with Gasteiger partial charge in [-0.3, -0.25) is 9.97 Å². The molecule has 2 aromatic heterocycles. The van der Waals surface area contributed by atoms with Gasteiger partial charge in [0.05, 0.1) is 0 Å². The molecule has 2 aromatic rings. The number of hydrogen-bond donors (Lipinski definition) is 1. The number of thioether (sulfide) groups is 1. The molecular weight excluding hydrogens is 300 g/mol. The van der Waals surface area contributed by atoms with Crippen LogP contribution in [-0.4, -0.2) is 31.7 Å². The zero-order chi connectivity index (χ0) is 14.5. The lowest BCUT2D eigenvalue weighted by Crippen LogP contribution is -3.13. The Morgan fingerprint density at radius 3 is 2.33 bits per heavy atom. The fourth-order valence-electron chi connectivity index (χ4n) is 2.36. The molecule has 3 heterocycles. The molecule has 1 saturated heterocycles. The van der Waals surface area contributed by atoms with E-state index in [0.717, 1.165) is 30.0 Å². The zero-order valence-electron chi connectivity index (χ0n) is 11.6. The van der Waals surface area contributed by atoms with Crippen LogP contribution in [0.3, 0.4) is 0 Å². The minimum atomic E-state index is 0.855. The van der Waals surface area contributed by atoms with E-state index in [1.54, 1.807) is 11.8 Å². The van der Waals surface area contributed by atoms with Crippen LogP contribution in [0.5, 0.6) is 0 Å². The van der Waals surface area contributed by atoms with Crippen LogP contribution in [0, 0.1) is 0 Å². The summed E-state index contributed by atoms with van der Waals surface area (Å²) in [7, 11) is 0. The Hall–Kier alpha value is -1.50. The number of pyridine rings is 2. The van der Waals surface area contributed by atoms with E-state index >= 15 is 0 Å². The average Bonchev–Trinajstić information content (AvgIpc) is 2.53. The van der Waals surface area contributed by atoms with E-state index in [-0.39, 0.29) is 0 Å². The minimum Gasteiger partial charge on any atom is -0.306 e. The normalized spacial score (nSPS) is 18.8. The molecule has 1 unspecified atom stereocenters. The molecule has 0 aromatic carbocycles. The fourth-order valence-corrected chi connectivity index (χ4v) is 3.50. The number of thiocarbonyl (C=S) groups is 1. The third kappa shape index (κ3) is 4.00. The van der Waals surface area contributed by atoms with Crippen molar-refractivity contribution in [3.63, 3.8) is 0 Å². The maximum atomic E-state index is 5.49. The van der Waals surface area contributed by atoms with Crippen LogP contribution in [0.2, 0.25) is 0 Å².